The number of carbonyl (C=O) groups excluding carboxylic acids is 1. The Balaban J connectivity index is 1.99. The summed E-state index contributed by atoms with van der Waals surface area (Å²) in [6.45, 7) is 2.72. The third kappa shape index (κ3) is 6.79. The van der Waals surface area contributed by atoms with Crippen LogP contribution in [0.15, 0.2) is 47.4 Å². The summed E-state index contributed by atoms with van der Waals surface area (Å²) in [5.74, 6) is 2.51. The number of nitrogen functional groups attached to an aromatic ring is 1. The fourth-order valence-corrected chi connectivity index (χ4v) is 5.31. The lowest BCUT2D eigenvalue weighted by Gasteiger charge is -2.25. The van der Waals surface area contributed by atoms with E-state index in [1.54, 1.807) is 32.0 Å². The van der Waals surface area contributed by atoms with E-state index in [0.29, 0.717) is 4.57 Å². The molecule has 206 valence electrons. The minimum absolute atomic E-state index is 0.0352. The summed E-state index contributed by atoms with van der Waals surface area (Å²) in [5.41, 5.74) is 1.44. The Morgan fingerprint density at radius 3 is 2.66 bits per heavy atom. The number of benzene rings is 1. The summed E-state index contributed by atoms with van der Waals surface area (Å²) in [5, 5.41) is 10.9. The molecule has 1 aromatic carbocycles. The van der Waals surface area contributed by atoms with E-state index in [4.69, 9.17) is 27.0 Å². The highest BCUT2D eigenvalue weighted by Crippen LogP contribution is 2.51. The van der Waals surface area contributed by atoms with Crippen LogP contribution in [0.5, 0.6) is 5.75 Å². The number of aliphatic hydroxyl groups is 1. The Morgan fingerprint density at radius 1 is 1.37 bits per heavy atom. The lowest BCUT2D eigenvalue weighted by molar-refractivity contribution is -0.151. The average molecular weight is 554 g/mol. The van der Waals surface area contributed by atoms with Crippen molar-refractivity contribution in [3.05, 3.63) is 53.1 Å². The van der Waals surface area contributed by atoms with Crippen LogP contribution in [0.1, 0.15) is 36.7 Å². The number of rotatable bonds is 10. The third-order valence-corrected chi connectivity index (χ3v) is 7.19. The molecule has 1 aliphatic heterocycles. The number of hydrogen-bond donors (Lipinski definition) is 2. The molecular weight excluding hydrogens is 520 g/mol. The molecule has 0 bridgehead atoms. The van der Waals surface area contributed by atoms with Gasteiger partial charge >= 0.3 is 19.3 Å². The maximum absolute atomic E-state index is 16.2. The largest absolute Gasteiger partial charge is 0.463 e. The molecule has 1 aromatic heterocycles. The van der Waals surface area contributed by atoms with Gasteiger partial charge in [0.05, 0.1) is 27.5 Å². The van der Waals surface area contributed by atoms with Crippen LogP contribution in [0.3, 0.4) is 0 Å². The molecule has 0 spiro atoms. The lowest BCUT2D eigenvalue weighted by atomic mass is 9.96. The molecule has 3 rings (SSSR count). The zero-order valence-corrected chi connectivity index (χ0v) is 22.1. The maximum Gasteiger partial charge on any atom is 0.380 e. The first kappa shape index (κ1) is 26.4. The molecule has 13 heteroatoms. The number of nitrogens with two attached hydrogens (primary N) is 1. The van der Waals surface area contributed by atoms with Crippen LogP contribution in [0, 0.1) is 17.8 Å². The lowest BCUT2D eigenvalue weighted by Crippen LogP contribution is -2.44. The monoisotopic (exact) mass is 553 g/mol. The summed E-state index contributed by atoms with van der Waals surface area (Å²) >= 11 is 0. The zero-order valence-electron chi connectivity index (χ0n) is 23.2. The van der Waals surface area contributed by atoms with Crippen molar-refractivity contribution < 1.29 is 40.1 Å². The molecule has 38 heavy (non-hydrogen) atoms. The Labute approximate surface area is 222 Å². The van der Waals surface area contributed by atoms with Crippen molar-refractivity contribution in [2.24, 2.45) is 5.92 Å². The molecule has 2 aromatic rings. The maximum atomic E-state index is 16.2. The van der Waals surface area contributed by atoms with Crippen molar-refractivity contribution in [2.75, 3.05) is 18.5 Å². The number of carbonyl (C=O) groups is 1. The molecular formula is C25H31FN3O8P. The molecule has 0 radical (unpaired) electrons. The summed E-state index contributed by atoms with van der Waals surface area (Å²) < 4.78 is 69.4. The van der Waals surface area contributed by atoms with E-state index in [1.807, 2.05) is 0 Å². The SMILES string of the molecule is [2H]C([2H])(O[P@@](=O)(C[C@@H](C)C(=O)OC(C)C)Oc1ccccc1)[C@H]1O[C@@H](n2ccc(N)nc2=O)C(F)(C#CC)[C@H]1O. The van der Waals surface area contributed by atoms with Gasteiger partial charge < -0.3 is 24.8 Å². The zero-order chi connectivity index (χ0) is 29.9. The van der Waals surface area contributed by atoms with Gasteiger partial charge in [0.1, 0.15) is 23.8 Å². The number of esters is 1. The van der Waals surface area contributed by atoms with E-state index >= 15 is 4.39 Å². The highest BCUT2D eigenvalue weighted by molar-refractivity contribution is 7.54. The van der Waals surface area contributed by atoms with E-state index in [1.165, 1.54) is 32.0 Å². The van der Waals surface area contributed by atoms with Gasteiger partial charge in [0.15, 0.2) is 6.23 Å². The van der Waals surface area contributed by atoms with Gasteiger partial charge in [-0.3, -0.25) is 13.9 Å². The number of anilines is 1. The first-order valence-corrected chi connectivity index (χ1v) is 13.4. The molecule has 1 unspecified atom stereocenters. The molecule has 2 heterocycles. The second-order valence-corrected chi connectivity index (χ2v) is 10.8. The second-order valence-electron chi connectivity index (χ2n) is 8.83. The van der Waals surface area contributed by atoms with Gasteiger partial charge in [-0.05, 0) is 39.0 Å². The van der Waals surface area contributed by atoms with E-state index < -0.39 is 68.1 Å². The fraction of sp³-hybridized carbons (Fsp3) is 0.480. The van der Waals surface area contributed by atoms with Gasteiger partial charge in [0, 0.05) is 6.20 Å². The van der Waals surface area contributed by atoms with E-state index in [9.17, 15) is 19.3 Å². The fourth-order valence-electron chi connectivity index (χ4n) is 3.60. The molecule has 11 nitrogen and oxygen atoms in total. The number of para-hydroxylation sites is 1. The summed E-state index contributed by atoms with van der Waals surface area (Å²) in [7, 11) is -4.58. The van der Waals surface area contributed by atoms with Crippen LogP contribution in [0.4, 0.5) is 10.2 Å². The average Bonchev–Trinajstić information content (AvgIpc) is 3.10. The van der Waals surface area contributed by atoms with Gasteiger partial charge in [-0.15, -0.1) is 5.92 Å². The smallest absolute Gasteiger partial charge is 0.380 e. The number of halogens is 1. The molecule has 1 saturated heterocycles. The van der Waals surface area contributed by atoms with Crippen molar-refractivity contribution in [3.63, 3.8) is 0 Å². The van der Waals surface area contributed by atoms with Crippen LogP contribution in [-0.2, 0) is 23.4 Å². The van der Waals surface area contributed by atoms with Crippen molar-refractivity contribution in [1.29, 1.82) is 0 Å². The first-order chi connectivity index (χ1) is 18.6. The van der Waals surface area contributed by atoms with E-state index in [2.05, 4.69) is 16.8 Å². The van der Waals surface area contributed by atoms with E-state index in [0.717, 1.165) is 6.20 Å². The summed E-state index contributed by atoms with van der Waals surface area (Å²) in [6, 6.07) is 8.84. The quantitative estimate of drug-likeness (QED) is 0.255. The van der Waals surface area contributed by atoms with Crippen LogP contribution < -0.4 is 15.9 Å². The van der Waals surface area contributed by atoms with Crippen LogP contribution in [0.2, 0.25) is 0 Å². The highest BCUT2D eigenvalue weighted by atomic mass is 31.2. The summed E-state index contributed by atoms with van der Waals surface area (Å²) in [4.78, 5) is 28.4. The Hall–Kier alpha value is -3.23. The molecule has 1 aliphatic rings. The second kappa shape index (κ2) is 12.1. The Kier molecular flexibility index (Phi) is 8.39. The van der Waals surface area contributed by atoms with Crippen LogP contribution >= 0.6 is 7.60 Å². The molecule has 1 fully saturated rings. The Morgan fingerprint density at radius 2 is 2.05 bits per heavy atom. The number of nitrogens with zero attached hydrogens (tertiary/aromatic N) is 2. The minimum Gasteiger partial charge on any atom is -0.463 e. The number of ether oxygens (including phenoxy) is 2. The summed E-state index contributed by atoms with van der Waals surface area (Å²) in [6.07, 6.45) is -6.53. The van der Waals surface area contributed by atoms with Gasteiger partial charge in [-0.25, -0.2) is 13.8 Å². The number of hydrogen-bond acceptors (Lipinski definition) is 10. The standard InChI is InChI=1S/C25H31FN3O8P/c1-5-12-25(26)21(30)19(36-23(25)29-13-11-20(27)28-24(29)32)14-34-38(33,37-18-9-7-6-8-10-18)15-17(4)22(31)35-16(2)3/h6-11,13,16-17,19,21,23,30H,14-15H2,1-4H3,(H2,27,28,32)/t17-,19-,21+,23-,25?,38+/m1/s1/i14D2. The van der Waals surface area contributed by atoms with Gasteiger partial charge in [-0.1, -0.05) is 31.0 Å². The predicted molar refractivity (Wildman–Crippen MR) is 136 cm³/mol. The van der Waals surface area contributed by atoms with Gasteiger partial charge in [0.25, 0.3) is 0 Å². The predicted octanol–water partition coefficient (Wildman–Crippen LogP) is 2.69. The third-order valence-electron chi connectivity index (χ3n) is 5.32. The number of aliphatic hydroxyl groups excluding tert-OH is 1. The minimum atomic E-state index is -4.58. The van der Waals surface area contributed by atoms with Crippen LogP contribution in [0.25, 0.3) is 0 Å². The topological polar surface area (TPSA) is 152 Å². The molecule has 6 atom stereocenters. The normalized spacial score (nSPS) is 26.3. The van der Waals surface area contributed by atoms with Gasteiger partial charge in [0.2, 0.25) is 5.67 Å². The first-order valence-electron chi connectivity index (χ1n) is 12.7. The van der Waals surface area contributed by atoms with Gasteiger partial charge in [-0.2, -0.15) is 4.98 Å². The molecule has 0 amide bonds. The van der Waals surface area contributed by atoms with Crippen LogP contribution in [-0.4, -0.2) is 57.3 Å². The number of alkyl halides is 1. The molecule has 0 aliphatic carbocycles. The molecule has 3 N–H and O–H groups in total. The van der Waals surface area contributed by atoms with Crippen molar-refractivity contribution in [3.8, 4) is 17.6 Å². The number of aromatic nitrogens is 2. The molecule has 0 saturated carbocycles. The Bertz CT molecular complexity index is 1380. The highest BCUT2D eigenvalue weighted by Gasteiger charge is 2.58. The van der Waals surface area contributed by atoms with Crippen molar-refractivity contribution in [1.82, 2.24) is 9.55 Å². The van der Waals surface area contributed by atoms with E-state index in [-0.39, 0.29) is 11.6 Å². The van der Waals surface area contributed by atoms with Crippen molar-refractivity contribution in [2.45, 2.75) is 57.9 Å². The van der Waals surface area contributed by atoms with Crippen molar-refractivity contribution >= 4 is 19.4 Å².